The van der Waals surface area contributed by atoms with E-state index in [0.717, 1.165) is 62.5 Å². The van der Waals surface area contributed by atoms with Crippen molar-refractivity contribution in [3.8, 4) is 0 Å². The number of pyridine rings is 1. The molecule has 1 aromatic heterocycles. The lowest BCUT2D eigenvalue weighted by atomic mass is 9.97. The van der Waals surface area contributed by atoms with Gasteiger partial charge in [0, 0.05) is 43.8 Å². The lowest BCUT2D eigenvalue weighted by Crippen LogP contribution is -2.46. The molecule has 9 heteroatoms. The molecule has 0 aromatic carbocycles. The molecule has 2 atom stereocenters. The molecule has 29 heavy (non-hydrogen) atoms. The minimum absolute atomic E-state index is 0. The zero-order chi connectivity index (χ0) is 18.9. The summed E-state index contributed by atoms with van der Waals surface area (Å²) in [6, 6.07) is 5.89. The van der Waals surface area contributed by atoms with E-state index in [1.165, 1.54) is 0 Å². The van der Waals surface area contributed by atoms with Crippen molar-refractivity contribution in [2.75, 3.05) is 31.9 Å². The fraction of sp³-hybridized carbons (Fsp3) is 0.650. The quantitative estimate of drug-likeness (QED) is 0.580. The molecule has 2 aliphatic rings. The number of rotatable bonds is 8. The summed E-state index contributed by atoms with van der Waals surface area (Å²) < 4.78 is 0. The van der Waals surface area contributed by atoms with Crippen LogP contribution >= 0.6 is 36.6 Å². The first-order chi connectivity index (χ1) is 13.2. The number of hydrogen-bond acceptors (Lipinski definition) is 5. The number of hydrogen-bond donors (Lipinski definition) is 2. The van der Waals surface area contributed by atoms with Gasteiger partial charge in [-0.15, -0.1) is 24.8 Å². The summed E-state index contributed by atoms with van der Waals surface area (Å²) >= 11 is 1.75. The summed E-state index contributed by atoms with van der Waals surface area (Å²) in [5, 5.41) is 6.30. The third-order valence-electron chi connectivity index (χ3n) is 5.25. The van der Waals surface area contributed by atoms with Crippen LogP contribution in [0.5, 0.6) is 0 Å². The third kappa shape index (κ3) is 8.70. The van der Waals surface area contributed by atoms with Crippen molar-refractivity contribution in [2.24, 2.45) is 5.92 Å². The number of likely N-dealkylation sites (tertiary alicyclic amines) is 1. The summed E-state index contributed by atoms with van der Waals surface area (Å²) in [5.74, 6) is 2.38. The maximum Gasteiger partial charge on any atom is 0.237 e. The highest BCUT2D eigenvalue weighted by molar-refractivity contribution is 7.98. The molecule has 2 aliphatic heterocycles. The van der Waals surface area contributed by atoms with E-state index >= 15 is 0 Å². The SMILES string of the molecule is Cl.Cl.O=C(NCC1CCCN(C(=O)CCSCc2ccccn2)C1)C1CCCN1. The van der Waals surface area contributed by atoms with Gasteiger partial charge in [-0.2, -0.15) is 11.8 Å². The lowest BCUT2D eigenvalue weighted by Gasteiger charge is -2.33. The van der Waals surface area contributed by atoms with E-state index in [0.29, 0.717) is 18.9 Å². The summed E-state index contributed by atoms with van der Waals surface area (Å²) in [7, 11) is 0. The molecule has 2 saturated heterocycles. The molecule has 2 N–H and O–H groups in total. The summed E-state index contributed by atoms with van der Waals surface area (Å²) in [4.78, 5) is 30.9. The Morgan fingerprint density at radius 3 is 2.83 bits per heavy atom. The number of thioether (sulfide) groups is 1. The molecule has 2 fully saturated rings. The Morgan fingerprint density at radius 1 is 1.24 bits per heavy atom. The van der Waals surface area contributed by atoms with E-state index in [9.17, 15) is 9.59 Å². The van der Waals surface area contributed by atoms with Gasteiger partial charge in [0.15, 0.2) is 0 Å². The topological polar surface area (TPSA) is 74.3 Å². The van der Waals surface area contributed by atoms with Crippen LogP contribution in [0.2, 0.25) is 0 Å². The Kier molecular flexibility index (Phi) is 12.6. The highest BCUT2D eigenvalue weighted by Crippen LogP contribution is 2.18. The molecule has 0 aliphatic carbocycles. The molecular formula is C20H32Cl2N4O2S. The third-order valence-corrected chi connectivity index (χ3v) is 6.24. The molecule has 0 bridgehead atoms. The van der Waals surface area contributed by atoms with Gasteiger partial charge in [-0.05, 0) is 50.3 Å². The van der Waals surface area contributed by atoms with Crippen LogP contribution in [0, 0.1) is 5.92 Å². The lowest BCUT2D eigenvalue weighted by molar-refractivity contribution is -0.132. The van der Waals surface area contributed by atoms with Crippen LogP contribution in [0.25, 0.3) is 0 Å². The van der Waals surface area contributed by atoms with Crippen molar-refractivity contribution in [3.05, 3.63) is 30.1 Å². The highest BCUT2D eigenvalue weighted by Gasteiger charge is 2.26. The number of carbonyl (C=O) groups is 2. The van der Waals surface area contributed by atoms with Crippen molar-refractivity contribution in [1.82, 2.24) is 20.5 Å². The zero-order valence-electron chi connectivity index (χ0n) is 16.7. The number of halogens is 2. The second-order valence-corrected chi connectivity index (χ2v) is 8.47. The average Bonchev–Trinajstić information content (AvgIpc) is 3.25. The van der Waals surface area contributed by atoms with Crippen LogP contribution in [-0.2, 0) is 15.3 Å². The maximum absolute atomic E-state index is 12.5. The molecule has 6 nitrogen and oxygen atoms in total. The number of aromatic nitrogens is 1. The monoisotopic (exact) mass is 462 g/mol. The second-order valence-electron chi connectivity index (χ2n) is 7.37. The molecule has 0 radical (unpaired) electrons. The van der Waals surface area contributed by atoms with E-state index in [-0.39, 0.29) is 42.7 Å². The average molecular weight is 463 g/mol. The minimum Gasteiger partial charge on any atom is -0.354 e. The number of amides is 2. The molecule has 164 valence electrons. The van der Waals surface area contributed by atoms with E-state index in [1.807, 2.05) is 23.1 Å². The second kappa shape index (κ2) is 14.1. The van der Waals surface area contributed by atoms with Crippen LogP contribution in [0.3, 0.4) is 0 Å². The zero-order valence-corrected chi connectivity index (χ0v) is 19.1. The van der Waals surface area contributed by atoms with Gasteiger partial charge in [-0.3, -0.25) is 14.6 Å². The standard InChI is InChI=1S/C20H30N4O2S.2ClH/c25-19(8-12-27-15-17-6-1-2-9-21-17)24-11-4-5-16(14-24)13-23-20(26)18-7-3-10-22-18;;/h1-2,6,9,16,18,22H,3-5,7-8,10-15H2,(H,23,26);2*1H. The molecule has 0 saturated carbocycles. The predicted octanol–water partition coefficient (Wildman–Crippen LogP) is 2.66. The summed E-state index contributed by atoms with van der Waals surface area (Å²) in [6.45, 7) is 3.22. The number of nitrogens with zero attached hydrogens (tertiary/aromatic N) is 2. The Labute approximate surface area is 190 Å². The Hall–Kier alpha value is -1.02. The Bertz CT molecular complexity index is 618. The van der Waals surface area contributed by atoms with Crippen LogP contribution in [0.4, 0.5) is 0 Å². The fourth-order valence-electron chi connectivity index (χ4n) is 3.71. The minimum atomic E-state index is -0.0255. The van der Waals surface area contributed by atoms with Gasteiger partial charge in [-0.1, -0.05) is 6.07 Å². The first-order valence-electron chi connectivity index (χ1n) is 9.99. The van der Waals surface area contributed by atoms with Gasteiger partial charge >= 0.3 is 0 Å². The van der Waals surface area contributed by atoms with E-state index in [4.69, 9.17) is 0 Å². The van der Waals surface area contributed by atoms with Crippen LogP contribution in [0.15, 0.2) is 24.4 Å². The van der Waals surface area contributed by atoms with Crippen molar-refractivity contribution < 1.29 is 9.59 Å². The predicted molar refractivity (Wildman–Crippen MR) is 123 cm³/mol. The molecular weight excluding hydrogens is 431 g/mol. The van der Waals surface area contributed by atoms with Gasteiger partial charge < -0.3 is 15.5 Å². The fourth-order valence-corrected chi connectivity index (χ4v) is 4.56. The molecule has 3 rings (SSSR count). The summed E-state index contributed by atoms with van der Waals surface area (Å²) in [5.41, 5.74) is 1.06. The first kappa shape index (κ1) is 26.0. The van der Waals surface area contributed by atoms with Gasteiger partial charge in [0.25, 0.3) is 0 Å². The number of nitrogens with one attached hydrogen (secondary N) is 2. The first-order valence-corrected chi connectivity index (χ1v) is 11.1. The Morgan fingerprint density at radius 2 is 2.10 bits per heavy atom. The molecule has 2 unspecified atom stereocenters. The van der Waals surface area contributed by atoms with Gasteiger partial charge in [-0.25, -0.2) is 0 Å². The van der Waals surface area contributed by atoms with Gasteiger partial charge in [0.05, 0.1) is 11.7 Å². The molecule has 1 aromatic rings. The smallest absolute Gasteiger partial charge is 0.237 e. The highest BCUT2D eigenvalue weighted by atomic mass is 35.5. The van der Waals surface area contributed by atoms with Crippen LogP contribution < -0.4 is 10.6 Å². The number of carbonyl (C=O) groups excluding carboxylic acids is 2. The molecule has 3 heterocycles. The maximum atomic E-state index is 12.5. The van der Waals surface area contributed by atoms with Crippen molar-refractivity contribution in [3.63, 3.8) is 0 Å². The number of piperidine rings is 1. The van der Waals surface area contributed by atoms with E-state index < -0.39 is 0 Å². The summed E-state index contributed by atoms with van der Waals surface area (Å²) in [6.07, 6.45) is 6.48. The van der Waals surface area contributed by atoms with Crippen LogP contribution in [-0.4, -0.2) is 59.7 Å². The normalized spacial score (nSPS) is 21.0. The van der Waals surface area contributed by atoms with Gasteiger partial charge in [0.1, 0.15) is 0 Å². The largest absolute Gasteiger partial charge is 0.354 e. The Balaban J connectivity index is 0.00000210. The van der Waals surface area contributed by atoms with E-state index in [1.54, 1.807) is 18.0 Å². The van der Waals surface area contributed by atoms with Crippen molar-refractivity contribution >= 4 is 48.4 Å². The molecule has 2 amide bonds. The van der Waals surface area contributed by atoms with E-state index in [2.05, 4.69) is 15.6 Å². The van der Waals surface area contributed by atoms with Gasteiger partial charge in [0.2, 0.25) is 11.8 Å². The molecule has 0 spiro atoms. The van der Waals surface area contributed by atoms with Crippen LogP contribution in [0.1, 0.15) is 37.8 Å². The van der Waals surface area contributed by atoms with Crippen molar-refractivity contribution in [2.45, 2.75) is 43.9 Å². The van der Waals surface area contributed by atoms with Crippen molar-refractivity contribution in [1.29, 1.82) is 0 Å².